The van der Waals surface area contributed by atoms with Gasteiger partial charge in [-0.1, -0.05) is 43.3 Å². The SMILES string of the molecule is CCc1cccc2c(NS(=O)(=O)c3ccccc3)nn(-c3ccc(F)cc3)c(=O)c12. The lowest BCUT2D eigenvalue weighted by Gasteiger charge is -2.14. The van der Waals surface area contributed by atoms with Crippen molar-refractivity contribution in [3.63, 3.8) is 0 Å². The second-order valence-electron chi connectivity index (χ2n) is 6.65. The first-order valence-corrected chi connectivity index (χ1v) is 10.8. The fraction of sp³-hybridized carbons (Fsp3) is 0.0909. The summed E-state index contributed by atoms with van der Waals surface area (Å²) in [5, 5.41) is 5.04. The maximum atomic E-state index is 13.4. The lowest BCUT2D eigenvalue weighted by atomic mass is 10.0. The van der Waals surface area contributed by atoms with Gasteiger partial charge in [-0.15, -0.1) is 5.10 Å². The molecule has 0 radical (unpaired) electrons. The lowest BCUT2D eigenvalue weighted by molar-refractivity contribution is 0.601. The van der Waals surface area contributed by atoms with Gasteiger partial charge < -0.3 is 0 Å². The third-order valence-corrected chi connectivity index (χ3v) is 6.10. The lowest BCUT2D eigenvalue weighted by Crippen LogP contribution is -2.25. The molecule has 1 N–H and O–H groups in total. The summed E-state index contributed by atoms with van der Waals surface area (Å²) in [6.45, 7) is 1.91. The van der Waals surface area contributed by atoms with Crippen molar-refractivity contribution < 1.29 is 12.8 Å². The molecule has 4 rings (SSSR count). The summed E-state index contributed by atoms with van der Waals surface area (Å²) in [6, 6.07) is 18.4. The van der Waals surface area contributed by atoms with Crippen molar-refractivity contribution in [2.75, 3.05) is 4.72 Å². The van der Waals surface area contributed by atoms with Crippen LogP contribution in [0.1, 0.15) is 12.5 Å². The molecule has 8 heteroatoms. The van der Waals surface area contributed by atoms with Crippen LogP contribution in [0.4, 0.5) is 10.2 Å². The predicted molar refractivity (Wildman–Crippen MR) is 114 cm³/mol. The molecule has 30 heavy (non-hydrogen) atoms. The number of nitrogens with zero attached hydrogens (tertiary/aromatic N) is 2. The van der Waals surface area contributed by atoms with Crippen molar-refractivity contribution >= 4 is 26.6 Å². The number of hydrogen-bond donors (Lipinski definition) is 1. The van der Waals surface area contributed by atoms with E-state index in [9.17, 15) is 17.6 Å². The van der Waals surface area contributed by atoms with Crippen molar-refractivity contribution in [3.05, 3.63) is 94.5 Å². The van der Waals surface area contributed by atoms with Crippen molar-refractivity contribution in [2.24, 2.45) is 0 Å². The van der Waals surface area contributed by atoms with Crippen LogP contribution in [0.3, 0.4) is 0 Å². The van der Waals surface area contributed by atoms with E-state index in [0.717, 1.165) is 10.2 Å². The topological polar surface area (TPSA) is 81.1 Å². The normalized spacial score (nSPS) is 11.5. The van der Waals surface area contributed by atoms with Gasteiger partial charge in [0.15, 0.2) is 5.82 Å². The highest BCUT2D eigenvalue weighted by atomic mass is 32.2. The van der Waals surface area contributed by atoms with E-state index in [4.69, 9.17) is 0 Å². The second kappa shape index (κ2) is 7.72. The molecule has 152 valence electrons. The summed E-state index contributed by atoms with van der Waals surface area (Å²) in [7, 11) is -3.93. The quantitative estimate of drug-likeness (QED) is 0.528. The molecule has 0 amide bonds. The van der Waals surface area contributed by atoms with Crippen molar-refractivity contribution in [1.82, 2.24) is 9.78 Å². The molecule has 0 aliphatic rings. The molecule has 0 bridgehead atoms. The van der Waals surface area contributed by atoms with E-state index < -0.39 is 21.4 Å². The zero-order valence-electron chi connectivity index (χ0n) is 16.0. The van der Waals surface area contributed by atoms with Gasteiger partial charge in [0.05, 0.1) is 16.0 Å². The maximum absolute atomic E-state index is 13.4. The Morgan fingerprint density at radius 1 is 0.967 bits per heavy atom. The number of aromatic nitrogens is 2. The van der Waals surface area contributed by atoms with Gasteiger partial charge in [0, 0.05) is 5.39 Å². The Labute approximate surface area is 172 Å². The minimum absolute atomic E-state index is 0.0214. The second-order valence-corrected chi connectivity index (χ2v) is 8.34. The van der Waals surface area contributed by atoms with Gasteiger partial charge in [0.1, 0.15) is 5.82 Å². The zero-order chi connectivity index (χ0) is 21.3. The Morgan fingerprint density at radius 3 is 2.33 bits per heavy atom. The van der Waals surface area contributed by atoms with Crippen LogP contribution in [0.15, 0.2) is 82.5 Å². The summed E-state index contributed by atoms with van der Waals surface area (Å²) in [6.07, 6.45) is 0.574. The Morgan fingerprint density at radius 2 is 1.67 bits per heavy atom. The van der Waals surface area contributed by atoms with E-state index >= 15 is 0 Å². The van der Waals surface area contributed by atoms with Crippen LogP contribution in [0.25, 0.3) is 16.5 Å². The van der Waals surface area contributed by atoms with E-state index in [-0.39, 0.29) is 10.7 Å². The highest BCUT2D eigenvalue weighted by molar-refractivity contribution is 7.92. The van der Waals surface area contributed by atoms with Gasteiger partial charge in [-0.25, -0.2) is 12.8 Å². The van der Waals surface area contributed by atoms with E-state index in [2.05, 4.69) is 9.82 Å². The van der Waals surface area contributed by atoms with E-state index in [1.807, 2.05) is 13.0 Å². The minimum atomic E-state index is -3.93. The van der Waals surface area contributed by atoms with Crippen LogP contribution < -0.4 is 10.3 Å². The van der Waals surface area contributed by atoms with E-state index in [0.29, 0.717) is 22.9 Å². The molecular weight excluding hydrogens is 405 g/mol. The Balaban J connectivity index is 1.98. The molecule has 0 saturated heterocycles. The maximum Gasteiger partial charge on any atom is 0.279 e. The van der Waals surface area contributed by atoms with Crippen LogP contribution in [0.5, 0.6) is 0 Å². The molecule has 0 aliphatic heterocycles. The molecule has 3 aromatic carbocycles. The van der Waals surface area contributed by atoms with E-state index in [1.165, 1.54) is 36.4 Å². The minimum Gasteiger partial charge on any atom is -0.267 e. The first kappa shape index (κ1) is 19.8. The molecule has 0 saturated carbocycles. The first-order chi connectivity index (χ1) is 14.4. The summed E-state index contributed by atoms with van der Waals surface area (Å²) < 4.78 is 42.7. The average Bonchev–Trinajstić information content (AvgIpc) is 2.76. The largest absolute Gasteiger partial charge is 0.279 e. The number of fused-ring (bicyclic) bond motifs is 1. The molecule has 0 atom stereocenters. The monoisotopic (exact) mass is 423 g/mol. The number of anilines is 1. The fourth-order valence-corrected chi connectivity index (χ4v) is 4.31. The molecule has 0 unspecified atom stereocenters. The number of nitrogens with one attached hydrogen (secondary N) is 1. The third kappa shape index (κ3) is 3.57. The van der Waals surface area contributed by atoms with E-state index in [1.54, 1.807) is 30.3 Å². The molecule has 1 aromatic heterocycles. The van der Waals surface area contributed by atoms with Crippen LogP contribution in [-0.4, -0.2) is 18.2 Å². The Hall–Kier alpha value is -3.52. The van der Waals surface area contributed by atoms with Crippen molar-refractivity contribution in [2.45, 2.75) is 18.2 Å². The van der Waals surface area contributed by atoms with Gasteiger partial charge in [-0.2, -0.15) is 4.68 Å². The number of benzene rings is 3. The Bertz CT molecular complexity index is 1380. The average molecular weight is 423 g/mol. The van der Waals surface area contributed by atoms with Crippen LogP contribution >= 0.6 is 0 Å². The van der Waals surface area contributed by atoms with Gasteiger partial charge in [0.2, 0.25) is 0 Å². The van der Waals surface area contributed by atoms with Gasteiger partial charge in [0.25, 0.3) is 15.6 Å². The zero-order valence-corrected chi connectivity index (χ0v) is 16.9. The van der Waals surface area contributed by atoms with Crippen LogP contribution in [0, 0.1) is 5.82 Å². The summed E-state index contributed by atoms with van der Waals surface area (Å²) in [5.41, 5.74) is 0.682. The third-order valence-electron chi connectivity index (χ3n) is 4.75. The van der Waals surface area contributed by atoms with Crippen molar-refractivity contribution in [3.8, 4) is 5.69 Å². The summed E-state index contributed by atoms with van der Waals surface area (Å²) >= 11 is 0. The molecule has 1 heterocycles. The fourth-order valence-electron chi connectivity index (χ4n) is 3.27. The van der Waals surface area contributed by atoms with Gasteiger partial charge in [-0.05, 0) is 48.4 Å². The van der Waals surface area contributed by atoms with Crippen molar-refractivity contribution in [1.29, 1.82) is 0 Å². The molecule has 0 aliphatic carbocycles. The molecule has 0 fully saturated rings. The highest BCUT2D eigenvalue weighted by Crippen LogP contribution is 2.25. The van der Waals surface area contributed by atoms with Gasteiger partial charge in [-0.3, -0.25) is 9.52 Å². The first-order valence-electron chi connectivity index (χ1n) is 9.29. The smallest absolute Gasteiger partial charge is 0.267 e. The molecule has 4 aromatic rings. The number of aryl methyl sites for hydroxylation is 1. The number of hydrogen-bond acceptors (Lipinski definition) is 4. The van der Waals surface area contributed by atoms with Crippen LogP contribution in [-0.2, 0) is 16.4 Å². The molecular formula is C22H18FN3O3S. The predicted octanol–water partition coefficient (Wildman–Crippen LogP) is 3.89. The standard InChI is InChI=1S/C22H18FN3O3S/c1-2-15-7-6-10-19-20(15)22(27)26(17-13-11-16(23)12-14-17)24-21(19)25-30(28,29)18-8-4-3-5-9-18/h3-14H,2H2,1H3,(H,24,25). The summed E-state index contributed by atoms with van der Waals surface area (Å²) in [5.74, 6) is -0.431. The Kier molecular flexibility index (Phi) is 5.09. The van der Waals surface area contributed by atoms with Gasteiger partial charge >= 0.3 is 0 Å². The number of sulfonamides is 1. The summed E-state index contributed by atoms with van der Waals surface area (Å²) in [4.78, 5) is 13.3. The highest BCUT2D eigenvalue weighted by Gasteiger charge is 2.20. The number of halogens is 1. The van der Waals surface area contributed by atoms with Crippen LogP contribution in [0.2, 0.25) is 0 Å². The molecule has 0 spiro atoms. The number of rotatable bonds is 5. The molecule has 6 nitrogen and oxygen atoms in total.